The van der Waals surface area contributed by atoms with Gasteiger partial charge in [-0.15, -0.1) is 0 Å². The molecule has 1 aromatic carbocycles. The minimum atomic E-state index is -1.43. The fourth-order valence-corrected chi connectivity index (χ4v) is 1.33. The summed E-state index contributed by atoms with van der Waals surface area (Å²) in [4.78, 5) is 21.5. The molecule has 16 heavy (non-hydrogen) atoms. The van der Waals surface area contributed by atoms with E-state index in [1.54, 1.807) is 19.2 Å². The molecule has 0 spiro atoms. The molecular weight excluding hydrogens is 208 g/mol. The number of methoxy groups -OCH3 is 1. The summed E-state index contributed by atoms with van der Waals surface area (Å²) in [6.45, 7) is 1.94. The van der Waals surface area contributed by atoms with Gasteiger partial charge in [-0.2, -0.15) is 0 Å². The SMILES string of the molecule is COC(C)Cc1ccc(C(=O)C(=O)O)cc1. The van der Waals surface area contributed by atoms with Crippen molar-refractivity contribution in [3.8, 4) is 0 Å². The van der Waals surface area contributed by atoms with Crippen LogP contribution in [0.25, 0.3) is 0 Å². The number of ether oxygens (including phenoxy) is 1. The number of hydrogen-bond donors (Lipinski definition) is 1. The predicted molar refractivity (Wildman–Crippen MR) is 58.6 cm³/mol. The number of Topliss-reactive ketones (excluding diaryl/α,β-unsaturated/α-hetero) is 1. The van der Waals surface area contributed by atoms with Gasteiger partial charge in [-0.25, -0.2) is 4.79 Å². The lowest BCUT2D eigenvalue weighted by atomic mass is 10.0. The number of benzene rings is 1. The second-order valence-electron chi connectivity index (χ2n) is 3.58. The number of carboxylic acid groups (broad SMARTS) is 1. The summed E-state index contributed by atoms with van der Waals surface area (Å²) < 4.78 is 5.11. The van der Waals surface area contributed by atoms with E-state index >= 15 is 0 Å². The van der Waals surface area contributed by atoms with Crippen LogP contribution in [0.5, 0.6) is 0 Å². The Labute approximate surface area is 93.9 Å². The van der Waals surface area contributed by atoms with Crippen molar-refractivity contribution < 1.29 is 19.4 Å². The van der Waals surface area contributed by atoms with Crippen molar-refractivity contribution in [2.45, 2.75) is 19.4 Å². The van der Waals surface area contributed by atoms with E-state index in [0.717, 1.165) is 12.0 Å². The Hall–Kier alpha value is -1.68. The number of rotatable bonds is 5. The molecule has 0 saturated heterocycles. The third kappa shape index (κ3) is 3.17. The normalized spacial score (nSPS) is 12.1. The lowest BCUT2D eigenvalue weighted by Gasteiger charge is -2.09. The fraction of sp³-hybridized carbons (Fsp3) is 0.333. The predicted octanol–water partition coefficient (Wildman–Crippen LogP) is 1.53. The number of ketones is 1. The Bertz CT molecular complexity index is 381. The van der Waals surface area contributed by atoms with Gasteiger partial charge in [-0.05, 0) is 18.9 Å². The molecule has 4 heteroatoms. The van der Waals surface area contributed by atoms with Crippen LogP contribution >= 0.6 is 0 Å². The van der Waals surface area contributed by atoms with Gasteiger partial charge in [0.05, 0.1) is 6.10 Å². The van der Waals surface area contributed by atoms with Gasteiger partial charge in [0, 0.05) is 12.7 Å². The van der Waals surface area contributed by atoms with E-state index < -0.39 is 11.8 Å². The minimum absolute atomic E-state index is 0.0982. The summed E-state index contributed by atoms with van der Waals surface area (Å²) >= 11 is 0. The number of hydrogen-bond acceptors (Lipinski definition) is 3. The van der Waals surface area contributed by atoms with E-state index in [1.165, 1.54) is 12.1 Å². The average molecular weight is 222 g/mol. The first-order chi connectivity index (χ1) is 7.54. The lowest BCUT2D eigenvalue weighted by molar-refractivity contribution is -0.131. The second kappa shape index (κ2) is 5.42. The summed E-state index contributed by atoms with van der Waals surface area (Å²) in [5, 5.41) is 8.52. The van der Waals surface area contributed by atoms with Crippen LogP contribution in [0.15, 0.2) is 24.3 Å². The third-order valence-electron chi connectivity index (χ3n) is 2.34. The number of aliphatic carboxylic acids is 1. The quantitative estimate of drug-likeness (QED) is 0.606. The third-order valence-corrected chi connectivity index (χ3v) is 2.34. The summed E-state index contributed by atoms with van der Waals surface area (Å²) in [5.74, 6) is -2.32. The van der Waals surface area contributed by atoms with Crippen molar-refractivity contribution in [3.05, 3.63) is 35.4 Å². The average Bonchev–Trinajstić information content (AvgIpc) is 2.28. The monoisotopic (exact) mass is 222 g/mol. The molecule has 1 unspecified atom stereocenters. The lowest BCUT2D eigenvalue weighted by Crippen LogP contribution is -2.13. The van der Waals surface area contributed by atoms with Gasteiger partial charge in [0.1, 0.15) is 0 Å². The number of carbonyl (C=O) groups is 2. The van der Waals surface area contributed by atoms with Gasteiger partial charge in [0.15, 0.2) is 0 Å². The van der Waals surface area contributed by atoms with Crippen molar-refractivity contribution in [1.82, 2.24) is 0 Å². The topological polar surface area (TPSA) is 63.6 Å². The molecule has 1 atom stereocenters. The smallest absolute Gasteiger partial charge is 0.377 e. The Morgan fingerprint density at radius 2 is 1.88 bits per heavy atom. The van der Waals surface area contributed by atoms with Crippen LogP contribution in [0.3, 0.4) is 0 Å². The maximum Gasteiger partial charge on any atom is 0.377 e. The van der Waals surface area contributed by atoms with Gasteiger partial charge in [0.2, 0.25) is 0 Å². The van der Waals surface area contributed by atoms with Crippen LogP contribution < -0.4 is 0 Å². The molecule has 0 saturated carbocycles. The molecular formula is C12H14O4. The highest BCUT2D eigenvalue weighted by atomic mass is 16.5. The van der Waals surface area contributed by atoms with Crippen molar-refractivity contribution in [2.24, 2.45) is 0 Å². The zero-order valence-electron chi connectivity index (χ0n) is 9.27. The molecule has 86 valence electrons. The van der Waals surface area contributed by atoms with Gasteiger partial charge >= 0.3 is 5.97 Å². The Balaban J connectivity index is 2.75. The summed E-state index contributed by atoms with van der Waals surface area (Å²) in [6, 6.07) is 6.53. The fourth-order valence-electron chi connectivity index (χ4n) is 1.33. The number of carbonyl (C=O) groups excluding carboxylic acids is 1. The van der Waals surface area contributed by atoms with E-state index in [0.29, 0.717) is 0 Å². The van der Waals surface area contributed by atoms with Crippen LogP contribution in [0.4, 0.5) is 0 Å². The molecule has 0 radical (unpaired) electrons. The first-order valence-electron chi connectivity index (χ1n) is 4.94. The van der Waals surface area contributed by atoms with Crippen LogP contribution in [0, 0.1) is 0 Å². The highest BCUT2D eigenvalue weighted by Gasteiger charge is 2.13. The first kappa shape index (κ1) is 12.4. The molecule has 0 aromatic heterocycles. The Morgan fingerprint density at radius 3 is 2.31 bits per heavy atom. The molecule has 0 fully saturated rings. The van der Waals surface area contributed by atoms with Crippen LogP contribution in [0.1, 0.15) is 22.8 Å². The van der Waals surface area contributed by atoms with E-state index in [4.69, 9.17) is 9.84 Å². The minimum Gasteiger partial charge on any atom is -0.475 e. The molecule has 4 nitrogen and oxygen atoms in total. The highest BCUT2D eigenvalue weighted by molar-refractivity contribution is 6.39. The summed E-state index contributed by atoms with van der Waals surface area (Å²) in [5.41, 5.74) is 1.21. The number of carboxylic acids is 1. The largest absolute Gasteiger partial charge is 0.475 e. The Kier molecular flexibility index (Phi) is 4.19. The maximum absolute atomic E-state index is 11.1. The van der Waals surface area contributed by atoms with E-state index in [9.17, 15) is 9.59 Å². The molecule has 0 aliphatic carbocycles. The molecule has 0 aliphatic heterocycles. The summed E-state index contributed by atoms with van der Waals surface area (Å²) in [7, 11) is 1.63. The van der Waals surface area contributed by atoms with Crippen molar-refractivity contribution in [2.75, 3.05) is 7.11 Å². The van der Waals surface area contributed by atoms with E-state index in [1.807, 2.05) is 6.92 Å². The van der Waals surface area contributed by atoms with Crippen molar-refractivity contribution in [1.29, 1.82) is 0 Å². The molecule has 0 aliphatic rings. The van der Waals surface area contributed by atoms with Gasteiger partial charge in [-0.3, -0.25) is 4.79 Å². The van der Waals surface area contributed by atoms with Gasteiger partial charge in [-0.1, -0.05) is 24.3 Å². The van der Waals surface area contributed by atoms with Crippen molar-refractivity contribution >= 4 is 11.8 Å². The van der Waals surface area contributed by atoms with E-state index in [-0.39, 0.29) is 11.7 Å². The van der Waals surface area contributed by atoms with Crippen LogP contribution in [-0.4, -0.2) is 30.1 Å². The van der Waals surface area contributed by atoms with Crippen LogP contribution in [-0.2, 0) is 16.0 Å². The zero-order chi connectivity index (χ0) is 12.1. The van der Waals surface area contributed by atoms with E-state index in [2.05, 4.69) is 0 Å². The molecule has 1 aromatic rings. The van der Waals surface area contributed by atoms with Gasteiger partial charge in [0.25, 0.3) is 5.78 Å². The second-order valence-corrected chi connectivity index (χ2v) is 3.58. The molecule has 0 amide bonds. The molecule has 0 bridgehead atoms. The molecule has 1 N–H and O–H groups in total. The Morgan fingerprint density at radius 1 is 1.31 bits per heavy atom. The molecule has 0 heterocycles. The zero-order valence-corrected chi connectivity index (χ0v) is 9.27. The highest BCUT2D eigenvalue weighted by Crippen LogP contribution is 2.08. The summed E-state index contributed by atoms with van der Waals surface area (Å²) in [6.07, 6.45) is 0.832. The maximum atomic E-state index is 11.1. The van der Waals surface area contributed by atoms with Crippen LogP contribution in [0.2, 0.25) is 0 Å². The van der Waals surface area contributed by atoms with Crippen molar-refractivity contribution in [3.63, 3.8) is 0 Å². The standard InChI is InChI=1S/C12H14O4/c1-8(16-2)7-9-3-5-10(6-4-9)11(13)12(14)15/h3-6,8H,7H2,1-2H3,(H,14,15). The molecule has 1 rings (SSSR count). The van der Waals surface area contributed by atoms with Gasteiger partial charge < -0.3 is 9.84 Å². The first-order valence-corrected chi connectivity index (χ1v) is 4.94.